The third kappa shape index (κ3) is 4.86. The van der Waals surface area contributed by atoms with Gasteiger partial charge in [0.25, 0.3) is 0 Å². The highest BCUT2D eigenvalue weighted by Crippen LogP contribution is 2.33. The van der Waals surface area contributed by atoms with E-state index < -0.39 is 0 Å². The molecule has 4 rings (SSSR count). The first-order chi connectivity index (χ1) is 14.5. The zero-order valence-electron chi connectivity index (χ0n) is 16.8. The van der Waals surface area contributed by atoms with Crippen molar-refractivity contribution in [2.45, 2.75) is 25.3 Å². The largest absolute Gasteiger partial charge is 0.283 e. The Labute approximate surface area is 189 Å². The molecule has 4 aromatic rings. The summed E-state index contributed by atoms with van der Waals surface area (Å²) in [6.07, 6.45) is 0. The van der Waals surface area contributed by atoms with Gasteiger partial charge >= 0.3 is 0 Å². The number of carbonyl (C=O) groups excluding carboxylic acids is 1. The number of rotatable bonds is 6. The molecule has 0 bridgehead atoms. The minimum Gasteiger partial charge on any atom is -0.283 e. The van der Waals surface area contributed by atoms with Crippen molar-refractivity contribution in [2.75, 3.05) is 10.7 Å². The summed E-state index contributed by atoms with van der Waals surface area (Å²) in [7, 11) is 0. The number of halogens is 1. The zero-order valence-corrected chi connectivity index (χ0v) is 19.2. The monoisotopic (exact) mass is 452 g/mol. The molecule has 0 aliphatic heterocycles. The zero-order chi connectivity index (χ0) is 21.1. The van der Waals surface area contributed by atoms with Crippen molar-refractivity contribution >= 4 is 56.0 Å². The van der Waals surface area contributed by atoms with Crippen LogP contribution in [0.5, 0.6) is 0 Å². The van der Waals surface area contributed by atoms with E-state index in [2.05, 4.69) is 26.0 Å². The Bertz CT molecular complexity index is 1170. The normalized spacial score (nSPS) is 11.0. The summed E-state index contributed by atoms with van der Waals surface area (Å²) in [6, 6.07) is 21.9. The molecule has 0 radical (unpaired) electrons. The Balaban J connectivity index is 1.63. The lowest BCUT2D eigenvalue weighted by Gasteiger charge is -2.20. The van der Waals surface area contributed by atoms with Gasteiger partial charge in [0.2, 0.25) is 5.91 Å². The number of nitrogens with zero attached hydrogens (tertiary/aromatic N) is 2. The molecular formula is C24H21ClN2OS2. The molecule has 152 valence electrons. The summed E-state index contributed by atoms with van der Waals surface area (Å²) in [5.41, 5.74) is 4.39. The molecule has 0 spiro atoms. The smallest absolute Gasteiger partial charge is 0.239 e. The SMILES string of the molecule is Cc1cc(C)c2nc(N(Cc3ccccc3)C(=O)CSc3ccc(Cl)cc3)sc2c1. The van der Waals surface area contributed by atoms with Gasteiger partial charge in [0, 0.05) is 9.92 Å². The fraction of sp³-hybridized carbons (Fsp3) is 0.167. The maximum Gasteiger partial charge on any atom is 0.239 e. The summed E-state index contributed by atoms with van der Waals surface area (Å²) < 4.78 is 1.11. The number of hydrogen-bond donors (Lipinski definition) is 0. The third-order valence-corrected chi connectivity index (χ3v) is 6.98. The van der Waals surface area contributed by atoms with Crippen LogP contribution in [0, 0.1) is 13.8 Å². The molecule has 0 saturated heterocycles. The predicted molar refractivity (Wildman–Crippen MR) is 129 cm³/mol. The van der Waals surface area contributed by atoms with Crippen molar-refractivity contribution in [3.63, 3.8) is 0 Å². The number of thiazole rings is 1. The molecule has 0 unspecified atom stereocenters. The molecule has 0 saturated carbocycles. The lowest BCUT2D eigenvalue weighted by atomic mass is 10.1. The third-order valence-electron chi connectivity index (χ3n) is 4.71. The molecule has 0 aliphatic carbocycles. The average molecular weight is 453 g/mol. The van der Waals surface area contributed by atoms with Crippen LogP contribution < -0.4 is 4.90 Å². The number of aryl methyl sites for hydroxylation is 2. The molecular weight excluding hydrogens is 432 g/mol. The van der Waals surface area contributed by atoms with Gasteiger partial charge in [0.1, 0.15) is 0 Å². The van der Waals surface area contributed by atoms with Crippen LogP contribution in [0.15, 0.2) is 71.6 Å². The van der Waals surface area contributed by atoms with Crippen molar-refractivity contribution in [1.29, 1.82) is 0 Å². The van der Waals surface area contributed by atoms with E-state index in [0.29, 0.717) is 17.3 Å². The number of carbonyl (C=O) groups is 1. The number of amides is 1. The van der Waals surface area contributed by atoms with Gasteiger partial charge in [-0.2, -0.15) is 0 Å². The standard InChI is InChI=1S/C24H21ClN2OS2/c1-16-12-17(2)23-21(13-16)30-24(26-23)27(14-18-6-4-3-5-7-18)22(28)15-29-20-10-8-19(25)9-11-20/h3-13H,14-15H2,1-2H3. The van der Waals surface area contributed by atoms with Crippen LogP contribution in [0.4, 0.5) is 5.13 Å². The van der Waals surface area contributed by atoms with E-state index in [-0.39, 0.29) is 5.91 Å². The molecule has 6 heteroatoms. The highest BCUT2D eigenvalue weighted by Gasteiger charge is 2.21. The molecule has 1 heterocycles. The summed E-state index contributed by atoms with van der Waals surface area (Å²) in [4.78, 5) is 20.9. The van der Waals surface area contributed by atoms with Crippen molar-refractivity contribution in [1.82, 2.24) is 4.98 Å². The van der Waals surface area contributed by atoms with E-state index in [9.17, 15) is 4.79 Å². The van der Waals surface area contributed by atoms with E-state index in [1.165, 1.54) is 17.3 Å². The van der Waals surface area contributed by atoms with Gasteiger partial charge in [-0.25, -0.2) is 4.98 Å². The lowest BCUT2D eigenvalue weighted by molar-refractivity contribution is -0.116. The molecule has 0 N–H and O–H groups in total. The Morgan fingerprint density at radius 2 is 1.80 bits per heavy atom. The maximum absolute atomic E-state index is 13.3. The fourth-order valence-corrected chi connectivity index (χ4v) is 5.32. The van der Waals surface area contributed by atoms with E-state index in [1.807, 2.05) is 54.6 Å². The fourth-order valence-electron chi connectivity index (χ4n) is 3.26. The van der Waals surface area contributed by atoms with Crippen LogP contribution in [0.1, 0.15) is 16.7 Å². The van der Waals surface area contributed by atoms with Crippen LogP contribution in [-0.2, 0) is 11.3 Å². The minimum atomic E-state index is 0.0345. The Kier molecular flexibility index (Phi) is 6.42. The first-order valence-electron chi connectivity index (χ1n) is 9.60. The maximum atomic E-state index is 13.3. The van der Waals surface area contributed by atoms with Gasteiger partial charge in [0.15, 0.2) is 5.13 Å². The van der Waals surface area contributed by atoms with E-state index in [1.54, 1.807) is 16.2 Å². The van der Waals surface area contributed by atoms with Crippen LogP contribution in [0.25, 0.3) is 10.2 Å². The molecule has 0 fully saturated rings. The molecule has 0 atom stereocenters. The van der Waals surface area contributed by atoms with Crippen LogP contribution >= 0.6 is 34.7 Å². The number of benzene rings is 3. The second kappa shape index (κ2) is 9.21. The number of fused-ring (bicyclic) bond motifs is 1. The Hall–Kier alpha value is -2.34. The minimum absolute atomic E-state index is 0.0345. The van der Waals surface area contributed by atoms with Crippen molar-refractivity contribution in [2.24, 2.45) is 0 Å². The Morgan fingerprint density at radius 1 is 1.07 bits per heavy atom. The van der Waals surface area contributed by atoms with E-state index in [4.69, 9.17) is 16.6 Å². The number of aromatic nitrogens is 1. The molecule has 3 aromatic carbocycles. The van der Waals surface area contributed by atoms with Gasteiger partial charge in [-0.15, -0.1) is 11.8 Å². The summed E-state index contributed by atoms with van der Waals surface area (Å²) in [6.45, 7) is 4.65. The molecule has 1 amide bonds. The quantitative estimate of drug-likeness (QED) is 0.298. The van der Waals surface area contributed by atoms with Gasteiger partial charge < -0.3 is 0 Å². The van der Waals surface area contributed by atoms with Crippen molar-refractivity contribution in [3.8, 4) is 0 Å². The second-order valence-electron chi connectivity index (χ2n) is 7.13. The summed E-state index contributed by atoms with van der Waals surface area (Å²) >= 11 is 9.05. The topological polar surface area (TPSA) is 33.2 Å². The summed E-state index contributed by atoms with van der Waals surface area (Å²) in [5, 5.41) is 1.43. The van der Waals surface area contributed by atoms with Crippen LogP contribution in [0.3, 0.4) is 0 Å². The Morgan fingerprint density at radius 3 is 2.53 bits per heavy atom. The van der Waals surface area contributed by atoms with Gasteiger partial charge in [-0.05, 0) is 60.9 Å². The first-order valence-corrected chi connectivity index (χ1v) is 11.8. The van der Waals surface area contributed by atoms with E-state index >= 15 is 0 Å². The number of anilines is 1. The number of thioether (sulfide) groups is 1. The van der Waals surface area contributed by atoms with Gasteiger partial charge in [0.05, 0.1) is 22.5 Å². The van der Waals surface area contributed by atoms with Crippen molar-refractivity contribution < 1.29 is 4.79 Å². The van der Waals surface area contributed by atoms with Gasteiger partial charge in [-0.1, -0.05) is 59.3 Å². The average Bonchev–Trinajstić information content (AvgIpc) is 3.16. The molecule has 3 nitrogen and oxygen atoms in total. The predicted octanol–water partition coefficient (Wildman–Crippen LogP) is 6.89. The van der Waals surface area contributed by atoms with Crippen LogP contribution in [-0.4, -0.2) is 16.6 Å². The second-order valence-corrected chi connectivity index (χ2v) is 9.63. The first kappa shape index (κ1) is 20.9. The van der Waals surface area contributed by atoms with E-state index in [0.717, 1.165) is 31.4 Å². The summed E-state index contributed by atoms with van der Waals surface area (Å²) in [5.74, 6) is 0.370. The lowest BCUT2D eigenvalue weighted by Crippen LogP contribution is -2.31. The highest BCUT2D eigenvalue weighted by molar-refractivity contribution is 8.00. The molecule has 1 aromatic heterocycles. The van der Waals surface area contributed by atoms with Crippen LogP contribution in [0.2, 0.25) is 5.02 Å². The number of hydrogen-bond acceptors (Lipinski definition) is 4. The highest BCUT2D eigenvalue weighted by atomic mass is 35.5. The van der Waals surface area contributed by atoms with Crippen molar-refractivity contribution in [3.05, 3.63) is 88.4 Å². The van der Waals surface area contributed by atoms with Gasteiger partial charge in [-0.3, -0.25) is 9.69 Å². The molecule has 0 aliphatic rings. The molecule has 30 heavy (non-hydrogen) atoms.